The minimum atomic E-state index is -0.700. The molecule has 4 heteroatoms. The molecule has 2 nitrogen and oxygen atoms in total. The number of hydrogen-bond donors (Lipinski definition) is 1. The molecule has 0 heterocycles. The Balaban J connectivity index is 2.10. The van der Waals surface area contributed by atoms with Gasteiger partial charge in [-0.25, -0.2) is 0 Å². The van der Waals surface area contributed by atoms with E-state index in [1.807, 2.05) is 12.1 Å². The van der Waals surface area contributed by atoms with Crippen molar-refractivity contribution in [2.24, 2.45) is 11.8 Å². The maximum atomic E-state index is 10.9. The second-order valence-electron chi connectivity index (χ2n) is 4.20. The summed E-state index contributed by atoms with van der Waals surface area (Å²) in [5.41, 5.74) is 0.949. The Morgan fingerprint density at radius 3 is 2.69 bits per heavy atom. The quantitative estimate of drug-likeness (QED) is 0.899. The molecule has 0 aliphatic heterocycles. The molecular formula is C12H12Cl2O2. The molecule has 0 radical (unpaired) electrons. The molecule has 1 aliphatic rings. The van der Waals surface area contributed by atoms with Crippen LogP contribution in [-0.4, -0.2) is 11.1 Å². The van der Waals surface area contributed by atoms with Crippen molar-refractivity contribution >= 4 is 29.2 Å². The molecule has 1 N–H and O–H groups in total. The van der Waals surface area contributed by atoms with Gasteiger partial charge in [0.05, 0.1) is 16.0 Å². The highest BCUT2D eigenvalue weighted by Crippen LogP contribution is 2.39. The van der Waals surface area contributed by atoms with Crippen LogP contribution in [0.15, 0.2) is 18.2 Å². The molecule has 2 unspecified atom stereocenters. The normalized spacial score (nSPS) is 23.9. The van der Waals surface area contributed by atoms with Gasteiger partial charge in [-0.15, -0.1) is 0 Å². The molecule has 1 saturated carbocycles. The molecule has 1 aliphatic carbocycles. The van der Waals surface area contributed by atoms with Crippen LogP contribution in [0.2, 0.25) is 10.0 Å². The van der Waals surface area contributed by atoms with Crippen molar-refractivity contribution < 1.29 is 9.90 Å². The first-order valence-corrected chi connectivity index (χ1v) is 6.01. The van der Waals surface area contributed by atoms with Crippen LogP contribution in [0.25, 0.3) is 0 Å². The summed E-state index contributed by atoms with van der Waals surface area (Å²) in [4.78, 5) is 10.9. The summed E-state index contributed by atoms with van der Waals surface area (Å²) in [6, 6.07) is 5.49. The van der Waals surface area contributed by atoms with Gasteiger partial charge in [0, 0.05) is 0 Å². The van der Waals surface area contributed by atoms with E-state index in [1.165, 1.54) is 0 Å². The highest BCUT2D eigenvalue weighted by atomic mass is 35.5. The molecular weight excluding hydrogens is 247 g/mol. The van der Waals surface area contributed by atoms with Crippen LogP contribution in [0.5, 0.6) is 0 Å². The number of carboxylic acids is 1. The number of rotatable bonds is 3. The third-order valence-corrected chi connectivity index (χ3v) is 4.11. The van der Waals surface area contributed by atoms with Gasteiger partial charge in [-0.05, 0) is 36.8 Å². The number of carboxylic acid groups (broad SMARTS) is 1. The van der Waals surface area contributed by atoms with Crippen molar-refractivity contribution in [3.8, 4) is 0 Å². The summed E-state index contributed by atoms with van der Waals surface area (Å²) in [6.45, 7) is 0. The number of aliphatic carboxylic acids is 1. The molecule has 1 aromatic rings. The lowest BCUT2D eigenvalue weighted by atomic mass is 9.71. The van der Waals surface area contributed by atoms with Gasteiger partial charge in [0.1, 0.15) is 0 Å². The van der Waals surface area contributed by atoms with E-state index < -0.39 is 5.97 Å². The SMILES string of the molecule is O=C(O)C1CCC1Cc1cccc(Cl)c1Cl. The number of hydrogen-bond acceptors (Lipinski definition) is 1. The summed E-state index contributed by atoms with van der Waals surface area (Å²) >= 11 is 12.0. The predicted octanol–water partition coefficient (Wildman–Crippen LogP) is 3.65. The highest BCUT2D eigenvalue weighted by molar-refractivity contribution is 6.42. The second-order valence-corrected chi connectivity index (χ2v) is 4.98. The lowest BCUT2D eigenvalue weighted by Crippen LogP contribution is -2.34. The fourth-order valence-electron chi connectivity index (χ4n) is 2.13. The van der Waals surface area contributed by atoms with Crippen molar-refractivity contribution in [3.05, 3.63) is 33.8 Å². The second kappa shape index (κ2) is 4.64. The summed E-state index contributed by atoms with van der Waals surface area (Å²) in [5, 5.41) is 10.0. The lowest BCUT2D eigenvalue weighted by molar-refractivity contribution is -0.147. The molecule has 0 amide bonds. The van der Waals surface area contributed by atoms with E-state index in [-0.39, 0.29) is 11.8 Å². The molecule has 16 heavy (non-hydrogen) atoms. The molecule has 86 valence electrons. The molecule has 1 aromatic carbocycles. The average molecular weight is 259 g/mol. The monoisotopic (exact) mass is 258 g/mol. The Hall–Kier alpha value is -0.730. The summed E-state index contributed by atoms with van der Waals surface area (Å²) in [5.74, 6) is -0.710. The van der Waals surface area contributed by atoms with Crippen LogP contribution in [0.1, 0.15) is 18.4 Å². The first-order chi connectivity index (χ1) is 7.59. The smallest absolute Gasteiger partial charge is 0.306 e. The van der Waals surface area contributed by atoms with E-state index in [0.29, 0.717) is 16.5 Å². The Morgan fingerprint density at radius 2 is 2.12 bits per heavy atom. The van der Waals surface area contributed by atoms with E-state index in [9.17, 15) is 4.79 Å². The largest absolute Gasteiger partial charge is 0.481 e. The number of halogens is 2. The Labute approximate surface area is 104 Å². The van der Waals surface area contributed by atoms with Crippen LogP contribution >= 0.6 is 23.2 Å². The fraction of sp³-hybridized carbons (Fsp3) is 0.417. The van der Waals surface area contributed by atoms with Gasteiger partial charge in [0.15, 0.2) is 0 Å². The zero-order valence-electron chi connectivity index (χ0n) is 8.62. The van der Waals surface area contributed by atoms with E-state index in [2.05, 4.69) is 0 Å². The summed E-state index contributed by atoms with van der Waals surface area (Å²) in [7, 11) is 0. The van der Waals surface area contributed by atoms with Gasteiger partial charge in [-0.1, -0.05) is 35.3 Å². The van der Waals surface area contributed by atoms with Crippen LogP contribution in [0.4, 0.5) is 0 Å². The van der Waals surface area contributed by atoms with E-state index in [4.69, 9.17) is 28.3 Å². The lowest BCUT2D eigenvalue weighted by Gasteiger charge is -2.33. The predicted molar refractivity (Wildman–Crippen MR) is 64.0 cm³/mol. The molecule has 2 atom stereocenters. The van der Waals surface area contributed by atoms with Gasteiger partial charge in [-0.2, -0.15) is 0 Å². The van der Waals surface area contributed by atoms with E-state index in [1.54, 1.807) is 6.07 Å². The third kappa shape index (κ3) is 2.18. The first-order valence-electron chi connectivity index (χ1n) is 5.25. The van der Waals surface area contributed by atoms with Crippen LogP contribution in [0.3, 0.4) is 0 Å². The molecule has 0 spiro atoms. The van der Waals surface area contributed by atoms with Gasteiger partial charge < -0.3 is 5.11 Å². The van der Waals surface area contributed by atoms with Gasteiger partial charge in [0.25, 0.3) is 0 Å². The Morgan fingerprint density at radius 1 is 1.38 bits per heavy atom. The Kier molecular flexibility index (Phi) is 3.41. The third-order valence-electron chi connectivity index (χ3n) is 3.25. The summed E-state index contributed by atoms with van der Waals surface area (Å²) in [6.07, 6.45) is 2.44. The molecule has 1 fully saturated rings. The Bertz CT molecular complexity index is 417. The van der Waals surface area contributed by atoms with Crippen LogP contribution < -0.4 is 0 Å². The molecule has 0 bridgehead atoms. The van der Waals surface area contributed by atoms with Crippen LogP contribution in [0, 0.1) is 11.8 Å². The van der Waals surface area contributed by atoms with Gasteiger partial charge in [-0.3, -0.25) is 4.79 Å². The number of carbonyl (C=O) groups is 1. The maximum absolute atomic E-state index is 10.9. The van der Waals surface area contributed by atoms with Gasteiger partial charge >= 0.3 is 5.97 Å². The average Bonchev–Trinajstić information content (AvgIpc) is 2.17. The van der Waals surface area contributed by atoms with Crippen molar-refractivity contribution in [2.45, 2.75) is 19.3 Å². The summed E-state index contributed by atoms with van der Waals surface area (Å²) < 4.78 is 0. The fourth-order valence-corrected chi connectivity index (χ4v) is 2.52. The van der Waals surface area contributed by atoms with E-state index >= 15 is 0 Å². The van der Waals surface area contributed by atoms with E-state index in [0.717, 1.165) is 18.4 Å². The molecule has 0 aromatic heterocycles. The van der Waals surface area contributed by atoms with Crippen molar-refractivity contribution in [2.75, 3.05) is 0 Å². The molecule has 2 rings (SSSR count). The topological polar surface area (TPSA) is 37.3 Å². The highest BCUT2D eigenvalue weighted by Gasteiger charge is 2.36. The minimum Gasteiger partial charge on any atom is -0.481 e. The zero-order valence-corrected chi connectivity index (χ0v) is 10.1. The van der Waals surface area contributed by atoms with Gasteiger partial charge in [0.2, 0.25) is 0 Å². The zero-order chi connectivity index (χ0) is 11.7. The maximum Gasteiger partial charge on any atom is 0.306 e. The molecule has 0 saturated heterocycles. The first kappa shape index (κ1) is 11.7. The standard InChI is InChI=1S/C12H12Cl2O2/c13-10-3-1-2-8(11(10)14)6-7-4-5-9(7)12(15)16/h1-3,7,9H,4-6H2,(H,15,16). The minimum absolute atomic E-state index is 0.202. The number of benzene rings is 1. The van der Waals surface area contributed by atoms with Crippen molar-refractivity contribution in [3.63, 3.8) is 0 Å². The van der Waals surface area contributed by atoms with Crippen molar-refractivity contribution in [1.29, 1.82) is 0 Å². The van der Waals surface area contributed by atoms with Crippen molar-refractivity contribution in [1.82, 2.24) is 0 Å². The van der Waals surface area contributed by atoms with Crippen LogP contribution in [-0.2, 0) is 11.2 Å².